The predicted molar refractivity (Wildman–Crippen MR) is 111 cm³/mol. The molecule has 1 fully saturated rings. The molecule has 2 heterocycles. The molecule has 0 bridgehead atoms. The standard InChI is InChI=1S/C20H27ClFN5/c1-6-14(4)19-16-11-15(21)12-17(22)18(16)23-20(27(19)24-13(2)3)26-9-7-25(5)8-10-26/h11-12H,6-10H2,1-5H3. The van der Waals surface area contributed by atoms with E-state index in [-0.39, 0.29) is 0 Å². The van der Waals surface area contributed by atoms with Crippen LogP contribution in [0, 0.1) is 5.82 Å². The smallest absolute Gasteiger partial charge is 0.227 e. The van der Waals surface area contributed by atoms with Crippen molar-refractivity contribution in [3.63, 3.8) is 0 Å². The minimum atomic E-state index is -0.401. The predicted octanol–water partition coefficient (Wildman–Crippen LogP) is 4.57. The summed E-state index contributed by atoms with van der Waals surface area (Å²) >= 11 is 6.17. The maximum atomic E-state index is 14.8. The fraction of sp³-hybridized carbons (Fsp3) is 0.500. The molecule has 5 nitrogen and oxygen atoms in total. The number of benzene rings is 1. The quantitative estimate of drug-likeness (QED) is 0.693. The van der Waals surface area contributed by atoms with Gasteiger partial charge in [-0.15, -0.1) is 0 Å². The summed E-state index contributed by atoms with van der Waals surface area (Å²) in [7, 11) is 2.11. The van der Waals surface area contributed by atoms with Crippen LogP contribution in [0.25, 0.3) is 5.70 Å². The Morgan fingerprint density at radius 1 is 1.19 bits per heavy atom. The fourth-order valence-corrected chi connectivity index (χ4v) is 3.51. The minimum absolute atomic E-state index is 0.344. The lowest BCUT2D eigenvalue weighted by molar-refractivity contribution is 0.203. The van der Waals surface area contributed by atoms with Crippen molar-refractivity contribution in [1.29, 1.82) is 0 Å². The maximum absolute atomic E-state index is 14.8. The first-order valence-electron chi connectivity index (χ1n) is 9.35. The number of guanidine groups is 1. The second-order valence-corrected chi connectivity index (χ2v) is 7.76. The van der Waals surface area contributed by atoms with E-state index in [0.717, 1.165) is 49.6 Å². The third kappa shape index (κ3) is 4.01. The Balaban J connectivity index is 2.23. The zero-order chi connectivity index (χ0) is 19.7. The number of nitrogens with zero attached hydrogens (tertiary/aromatic N) is 5. The number of rotatable bonds is 2. The van der Waals surface area contributed by atoms with E-state index < -0.39 is 5.82 Å². The number of piperazine rings is 1. The van der Waals surface area contributed by atoms with Crippen LogP contribution in [0.15, 0.2) is 27.8 Å². The summed E-state index contributed by atoms with van der Waals surface area (Å²) in [5.74, 6) is 0.281. The molecule has 2 aliphatic rings. The lowest BCUT2D eigenvalue weighted by atomic mass is 10.0. The van der Waals surface area contributed by atoms with E-state index in [1.54, 1.807) is 6.07 Å². The van der Waals surface area contributed by atoms with Gasteiger partial charge in [0.05, 0.1) is 5.70 Å². The maximum Gasteiger partial charge on any atom is 0.227 e. The number of hydrogen-bond donors (Lipinski definition) is 0. The molecule has 0 unspecified atom stereocenters. The molecule has 0 aromatic heterocycles. The van der Waals surface area contributed by atoms with Crippen LogP contribution in [-0.4, -0.2) is 59.7 Å². The molecule has 0 aliphatic carbocycles. The van der Waals surface area contributed by atoms with E-state index in [2.05, 4.69) is 30.7 Å². The zero-order valence-corrected chi connectivity index (χ0v) is 17.4. The summed E-state index contributed by atoms with van der Waals surface area (Å²) in [5.41, 5.74) is 3.94. The lowest BCUT2D eigenvalue weighted by Gasteiger charge is -2.40. The van der Waals surface area contributed by atoms with Gasteiger partial charge in [0.15, 0.2) is 5.82 Å². The molecule has 0 amide bonds. The number of hydrazone groups is 1. The number of likely N-dealkylation sites (N-methyl/N-ethyl adjacent to an activating group) is 1. The number of allylic oxidation sites excluding steroid dienone is 1. The third-order valence-electron chi connectivity index (χ3n) is 4.92. The van der Waals surface area contributed by atoms with Gasteiger partial charge in [-0.2, -0.15) is 10.1 Å². The second-order valence-electron chi connectivity index (χ2n) is 7.33. The highest BCUT2D eigenvalue weighted by Gasteiger charge is 2.33. The Morgan fingerprint density at radius 3 is 2.44 bits per heavy atom. The van der Waals surface area contributed by atoms with Crippen molar-refractivity contribution in [1.82, 2.24) is 14.8 Å². The molecule has 1 saturated heterocycles. The van der Waals surface area contributed by atoms with Crippen LogP contribution in [0.4, 0.5) is 10.1 Å². The number of aliphatic imine (C=N–C) groups is 1. The van der Waals surface area contributed by atoms with Gasteiger partial charge in [0.25, 0.3) is 0 Å². The van der Waals surface area contributed by atoms with Gasteiger partial charge in [0.1, 0.15) is 5.69 Å². The average Bonchev–Trinajstić information content (AvgIpc) is 2.61. The fourth-order valence-electron chi connectivity index (χ4n) is 3.31. The Kier molecular flexibility index (Phi) is 5.86. The molecular weight excluding hydrogens is 365 g/mol. The van der Waals surface area contributed by atoms with Crippen molar-refractivity contribution in [3.05, 3.63) is 34.1 Å². The van der Waals surface area contributed by atoms with Crippen LogP contribution in [0.1, 0.15) is 39.7 Å². The number of hydrogen-bond acceptors (Lipinski definition) is 5. The van der Waals surface area contributed by atoms with Crippen LogP contribution in [0.3, 0.4) is 0 Å². The Labute approximate surface area is 165 Å². The Morgan fingerprint density at radius 2 is 1.85 bits per heavy atom. The highest BCUT2D eigenvalue weighted by molar-refractivity contribution is 6.31. The van der Waals surface area contributed by atoms with Gasteiger partial charge in [-0.1, -0.05) is 18.5 Å². The second kappa shape index (κ2) is 7.98. The van der Waals surface area contributed by atoms with Gasteiger partial charge in [-0.3, -0.25) is 0 Å². The molecule has 0 atom stereocenters. The van der Waals surface area contributed by atoms with Gasteiger partial charge in [-0.25, -0.2) is 9.38 Å². The van der Waals surface area contributed by atoms with Gasteiger partial charge in [0, 0.05) is 42.5 Å². The van der Waals surface area contributed by atoms with Crippen molar-refractivity contribution in [3.8, 4) is 0 Å². The normalized spacial score (nSPS) is 19.6. The molecule has 27 heavy (non-hydrogen) atoms. The number of fused-ring (bicyclic) bond motifs is 1. The Bertz CT molecular complexity index is 818. The van der Waals surface area contributed by atoms with E-state index in [4.69, 9.17) is 21.7 Å². The molecule has 1 aromatic rings. The molecule has 146 valence electrons. The summed E-state index contributed by atoms with van der Waals surface area (Å²) in [6, 6.07) is 3.11. The van der Waals surface area contributed by atoms with Crippen LogP contribution in [-0.2, 0) is 0 Å². The van der Waals surface area contributed by atoms with E-state index in [1.165, 1.54) is 6.07 Å². The molecule has 7 heteroatoms. The van der Waals surface area contributed by atoms with Gasteiger partial charge < -0.3 is 9.80 Å². The summed E-state index contributed by atoms with van der Waals surface area (Å²) in [6.07, 6.45) is 0.827. The van der Waals surface area contributed by atoms with Crippen molar-refractivity contribution >= 4 is 34.7 Å². The topological polar surface area (TPSA) is 34.4 Å². The molecule has 2 aliphatic heterocycles. The third-order valence-corrected chi connectivity index (χ3v) is 5.14. The van der Waals surface area contributed by atoms with Gasteiger partial charge in [-0.05, 0) is 51.9 Å². The first-order valence-corrected chi connectivity index (χ1v) is 9.73. The van der Waals surface area contributed by atoms with Crippen molar-refractivity contribution in [2.24, 2.45) is 10.1 Å². The molecule has 3 rings (SSSR count). The molecule has 0 radical (unpaired) electrons. The molecule has 0 saturated carbocycles. The van der Waals surface area contributed by atoms with Gasteiger partial charge >= 0.3 is 0 Å². The SMILES string of the molecule is CCC(C)=C1c2cc(Cl)cc(F)c2N=C(N2CCN(C)CC2)N1N=C(C)C. The summed E-state index contributed by atoms with van der Waals surface area (Å²) in [4.78, 5) is 9.18. The first-order chi connectivity index (χ1) is 12.8. The summed E-state index contributed by atoms with van der Waals surface area (Å²) < 4.78 is 14.8. The summed E-state index contributed by atoms with van der Waals surface area (Å²) in [5, 5.41) is 7.00. The zero-order valence-electron chi connectivity index (χ0n) is 16.7. The van der Waals surface area contributed by atoms with E-state index >= 15 is 0 Å². The minimum Gasteiger partial charge on any atom is -0.338 e. The van der Waals surface area contributed by atoms with E-state index in [1.807, 2.05) is 18.9 Å². The lowest BCUT2D eigenvalue weighted by Crippen LogP contribution is -2.52. The average molecular weight is 392 g/mol. The molecule has 0 N–H and O–H groups in total. The Hall–Kier alpha value is -1.92. The van der Waals surface area contributed by atoms with Crippen LogP contribution >= 0.6 is 11.6 Å². The van der Waals surface area contributed by atoms with Crippen molar-refractivity contribution < 1.29 is 4.39 Å². The van der Waals surface area contributed by atoms with Crippen LogP contribution in [0.2, 0.25) is 5.02 Å². The van der Waals surface area contributed by atoms with E-state index in [9.17, 15) is 4.39 Å². The van der Waals surface area contributed by atoms with Gasteiger partial charge in [0.2, 0.25) is 5.96 Å². The largest absolute Gasteiger partial charge is 0.338 e. The van der Waals surface area contributed by atoms with Crippen molar-refractivity contribution in [2.45, 2.75) is 34.1 Å². The van der Waals surface area contributed by atoms with Crippen molar-refractivity contribution in [2.75, 3.05) is 33.2 Å². The monoisotopic (exact) mass is 391 g/mol. The molecule has 1 aromatic carbocycles. The van der Waals surface area contributed by atoms with E-state index in [0.29, 0.717) is 22.2 Å². The molecular formula is C20H27ClFN5. The van der Waals surface area contributed by atoms with Crippen LogP contribution < -0.4 is 0 Å². The summed E-state index contributed by atoms with van der Waals surface area (Å²) in [6.45, 7) is 11.6. The van der Waals surface area contributed by atoms with Crippen LogP contribution in [0.5, 0.6) is 0 Å². The highest BCUT2D eigenvalue weighted by atomic mass is 35.5. The first kappa shape index (κ1) is 19.8. The highest BCUT2D eigenvalue weighted by Crippen LogP contribution is 2.41. The number of halogens is 2. The molecule has 0 spiro atoms.